The molecule has 0 saturated carbocycles. The number of sulfonamides is 1. The van der Waals surface area contributed by atoms with Crippen LogP contribution in [0.15, 0.2) is 23.1 Å². The van der Waals surface area contributed by atoms with Crippen LogP contribution in [-0.2, 0) is 19.6 Å². The van der Waals surface area contributed by atoms with Gasteiger partial charge >= 0.3 is 5.97 Å². The Kier molecular flexibility index (Phi) is 5.34. The number of ether oxygens (including phenoxy) is 2. The van der Waals surface area contributed by atoms with Gasteiger partial charge in [-0.05, 0) is 12.1 Å². The molecule has 0 heterocycles. The fraction of sp³-hybridized carbons (Fsp3) is 0.417. The van der Waals surface area contributed by atoms with Gasteiger partial charge in [-0.25, -0.2) is 8.42 Å². The van der Waals surface area contributed by atoms with E-state index < -0.39 is 16.0 Å². The highest BCUT2D eigenvalue weighted by molar-refractivity contribution is 7.89. The van der Waals surface area contributed by atoms with Gasteiger partial charge in [-0.15, -0.1) is 0 Å². The molecule has 0 bridgehead atoms. The number of carbonyl (C=O) groups is 1. The predicted molar refractivity (Wildman–Crippen MR) is 73.9 cm³/mol. The summed E-state index contributed by atoms with van der Waals surface area (Å²) in [6.45, 7) is 1.40. The molecule has 0 aromatic heterocycles. The number of nitrogens with two attached hydrogens (primary N) is 1. The molecule has 0 aliphatic heterocycles. The molecule has 1 aromatic carbocycles. The number of esters is 1. The number of carbonyl (C=O) groups excluding carboxylic acids is 1. The van der Waals surface area contributed by atoms with Gasteiger partial charge in [0.2, 0.25) is 10.0 Å². The quantitative estimate of drug-likeness (QED) is 0.605. The SMILES string of the molecule is CCN(CC(=O)OC)S(=O)(=O)c1ccc(N)cc1OC. The Labute approximate surface area is 118 Å². The third kappa shape index (κ3) is 3.40. The summed E-state index contributed by atoms with van der Waals surface area (Å²) >= 11 is 0. The highest BCUT2D eigenvalue weighted by Crippen LogP contribution is 2.28. The van der Waals surface area contributed by atoms with Crippen LogP contribution in [0.5, 0.6) is 5.75 Å². The number of rotatable bonds is 6. The van der Waals surface area contributed by atoms with Crippen molar-refractivity contribution in [3.05, 3.63) is 18.2 Å². The van der Waals surface area contributed by atoms with Crippen LogP contribution >= 0.6 is 0 Å². The average Bonchev–Trinajstić information content (AvgIpc) is 2.43. The van der Waals surface area contributed by atoms with Crippen molar-refractivity contribution in [2.45, 2.75) is 11.8 Å². The summed E-state index contributed by atoms with van der Waals surface area (Å²) in [4.78, 5) is 11.2. The fourth-order valence-electron chi connectivity index (χ4n) is 1.61. The van der Waals surface area contributed by atoms with Gasteiger partial charge in [0, 0.05) is 18.3 Å². The Hall–Kier alpha value is -1.80. The van der Waals surface area contributed by atoms with Crippen LogP contribution in [0.3, 0.4) is 0 Å². The lowest BCUT2D eigenvalue weighted by molar-refractivity contribution is -0.140. The second-order valence-corrected chi connectivity index (χ2v) is 5.82. The maximum Gasteiger partial charge on any atom is 0.321 e. The molecule has 0 atom stereocenters. The van der Waals surface area contributed by atoms with E-state index in [1.165, 1.54) is 32.4 Å². The van der Waals surface area contributed by atoms with Crippen LogP contribution in [0.25, 0.3) is 0 Å². The summed E-state index contributed by atoms with van der Waals surface area (Å²) in [7, 11) is -1.31. The number of nitrogen functional groups attached to an aromatic ring is 1. The Bertz CT molecular complexity index is 586. The first kappa shape index (κ1) is 16.3. The van der Waals surface area contributed by atoms with Gasteiger partial charge in [0.1, 0.15) is 17.2 Å². The lowest BCUT2D eigenvalue weighted by Gasteiger charge is -2.20. The average molecular weight is 302 g/mol. The third-order valence-electron chi connectivity index (χ3n) is 2.69. The van der Waals surface area contributed by atoms with Crippen molar-refractivity contribution in [2.24, 2.45) is 0 Å². The van der Waals surface area contributed by atoms with Crippen molar-refractivity contribution < 1.29 is 22.7 Å². The molecule has 1 aromatic rings. The number of benzene rings is 1. The van der Waals surface area contributed by atoms with Crippen molar-refractivity contribution in [3.63, 3.8) is 0 Å². The maximum absolute atomic E-state index is 12.5. The Balaban J connectivity index is 3.23. The van der Waals surface area contributed by atoms with Crippen LogP contribution < -0.4 is 10.5 Å². The van der Waals surface area contributed by atoms with Crippen molar-refractivity contribution >= 4 is 21.7 Å². The Morgan fingerprint density at radius 2 is 2.00 bits per heavy atom. The Morgan fingerprint density at radius 1 is 1.35 bits per heavy atom. The second-order valence-electron chi connectivity index (χ2n) is 3.92. The Morgan fingerprint density at radius 3 is 2.50 bits per heavy atom. The largest absolute Gasteiger partial charge is 0.495 e. The van der Waals surface area contributed by atoms with E-state index in [9.17, 15) is 13.2 Å². The molecule has 0 spiro atoms. The summed E-state index contributed by atoms with van der Waals surface area (Å²) < 4.78 is 35.5. The first-order valence-corrected chi connectivity index (χ1v) is 7.31. The number of likely N-dealkylation sites (N-methyl/N-ethyl adjacent to an activating group) is 1. The standard InChI is InChI=1S/C12H18N2O5S/c1-4-14(8-12(15)19-3)20(16,17)11-6-5-9(13)7-10(11)18-2/h5-7H,4,8,13H2,1-3H3. The number of anilines is 1. The van der Waals surface area contributed by atoms with E-state index in [1.807, 2.05) is 0 Å². The molecule has 0 fully saturated rings. The maximum atomic E-state index is 12.5. The van der Waals surface area contributed by atoms with Gasteiger partial charge in [-0.3, -0.25) is 4.79 Å². The van der Waals surface area contributed by atoms with Crippen molar-refractivity contribution in [3.8, 4) is 5.75 Å². The summed E-state index contributed by atoms with van der Waals surface area (Å²) in [5.74, 6) is -0.502. The molecule has 0 radical (unpaired) electrons. The first-order chi connectivity index (χ1) is 9.36. The van der Waals surface area contributed by atoms with Crippen molar-refractivity contribution in [1.29, 1.82) is 0 Å². The van der Waals surface area contributed by atoms with Crippen LogP contribution in [0.1, 0.15) is 6.92 Å². The van der Waals surface area contributed by atoms with E-state index in [0.717, 1.165) is 4.31 Å². The normalized spacial score (nSPS) is 11.4. The van der Waals surface area contributed by atoms with Gasteiger partial charge in [-0.1, -0.05) is 6.92 Å². The van der Waals surface area contributed by atoms with Crippen LogP contribution in [-0.4, -0.2) is 46.0 Å². The van der Waals surface area contributed by atoms with Gasteiger partial charge < -0.3 is 15.2 Å². The summed E-state index contributed by atoms with van der Waals surface area (Å²) in [5, 5.41) is 0. The highest BCUT2D eigenvalue weighted by atomic mass is 32.2. The molecule has 0 unspecified atom stereocenters. The van der Waals surface area contributed by atoms with Gasteiger partial charge in [0.05, 0.1) is 14.2 Å². The zero-order valence-corrected chi connectivity index (χ0v) is 12.4. The van der Waals surface area contributed by atoms with Crippen molar-refractivity contribution in [1.82, 2.24) is 4.31 Å². The van der Waals surface area contributed by atoms with E-state index in [4.69, 9.17) is 10.5 Å². The minimum Gasteiger partial charge on any atom is -0.495 e. The summed E-state index contributed by atoms with van der Waals surface area (Å²) in [6.07, 6.45) is 0. The fourth-order valence-corrected chi connectivity index (χ4v) is 3.14. The summed E-state index contributed by atoms with van der Waals surface area (Å²) in [5.41, 5.74) is 5.98. The van der Waals surface area contributed by atoms with Crippen LogP contribution in [0.4, 0.5) is 5.69 Å². The number of hydrogen-bond acceptors (Lipinski definition) is 6. The van der Waals surface area contributed by atoms with Gasteiger partial charge in [0.15, 0.2) is 0 Å². The van der Waals surface area contributed by atoms with Gasteiger partial charge in [0.25, 0.3) is 0 Å². The van der Waals surface area contributed by atoms with E-state index >= 15 is 0 Å². The highest BCUT2D eigenvalue weighted by Gasteiger charge is 2.28. The molecule has 1 rings (SSSR count). The predicted octanol–water partition coefficient (Wildman–Crippen LogP) is 0.461. The number of methoxy groups -OCH3 is 2. The van der Waals surface area contributed by atoms with E-state index in [1.54, 1.807) is 6.92 Å². The smallest absolute Gasteiger partial charge is 0.321 e. The molecule has 0 aliphatic carbocycles. The zero-order valence-electron chi connectivity index (χ0n) is 11.6. The molecule has 8 heteroatoms. The lowest BCUT2D eigenvalue weighted by Crippen LogP contribution is -2.36. The number of hydrogen-bond donors (Lipinski definition) is 1. The molecule has 20 heavy (non-hydrogen) atoms. The van der Waals surface area contributed by atoms with Crippen LogP contribution in [0, 0.1) is 0 Å². The third-order valence-corrected chi connectivity index (χ3v) is 4.65. The monoisotopic (exact) mass is 302 g/mol. The van der Waals surface area contributed by atoms with Gasteiger partial charge in [-0.2, -0.15) is 4.31 Å². The lowest BCUT2D eigenvalue weighted by atomic mass is 10.3. The molecule has 112 valence electrons. The molecule has 2 N–H and O–H groups in total. The minimum absolute atomic E-state index is 0.0417. The van der Waals surface area contributed by atoms with Crippen LogP contribution in [0.2, 0.25) is 0 Å². The number of nitrogens with zero attached hydrogens (tertiary/aromatic N) is 1. The second kappa shape index (κ2) is 6.58. The minimum atomic E-state index is -3.86. The zero-order chi connectivity index (χ0) is 15.3. The molecule has 0 saturated heterocycles. The van der Waals surface area contributed by atoms with E-state index in [0.29, 0.717) is 5.69 Å². The van der Waals surface area contributed by atoms with Crippen molar-refractivity contribution in [2.75, 3.05) is 33.0 Å². The van der Waals surface area contributed by atoms with E-state index in [-0.39, 0.29) is 23.7 Å². The molecule has 0 aliphatic rings. The molecule has 7 nitrogen and oxygen atoms in total. The molecular weight excluding hydrogens is 284 g/mol. The topological polar surface area (TPSA) is 98.9 Å². The first-order valence-electron chi connectivity index (χ1n) is 5.87. The van der Waals surface area contributed by atoms with E-state index in [2.05, 4.69) is 4.74 Å². The summed E-state index contributed by atoms with van der Waals surface area (Å²) in [6, 6.07) is 4.23. The molecule has 0 amide bonds. The molecular formula is C12H18N2O5S.